The van der Waals surface area contributed by atoms with Gasteiger partial charge in [0, 0.05) is 5.39 Å². The van der Waals surface area contributed by atoms with Gasteiger partial charge in [0.05, 0.1) is 11.2 Å². The largest absolute Gasteiger partial charge is 0.480 e. The molecule has 0 saturated heterocycles. The fraction of sp³-hybridized carbons (Fsp3) is 0.412. The van der Waals surface area contributed by atoms with Crippen molar-refractivity contribution >= 4 is 16.9 Å². The highest BCUT2D eigenvalue weighted by atomic mass is 16.4. The van der Waals surface area contributed by atoms with E-state index in [0.717, 1.165) is 35.7 Å². The van der Waals surface area contributed by atoms with Gasteiger partial charge in [-0.1, -0.05) is 44.4 Å². The molecule has 0 amide bonds. The highest BCUT2D eigenvalue weighted by molar-refractivity contribution is 5.82. The maximum atomic E-state index is 11.2. The van der Waals surface area contributed by atoms with Crippen molar-refractivity contribution < 1.29 is 9.90 Å². The van der Waals surface area contributed by atoms with Crippen LogP contribution >= 0.6 is 0 Å². The molecular formula is C17H22N2O2. The second-order valence-corrected chi connectivity index (χ2v) is 5.35. The molecule has 0 aliphatic carbocycles. The van der Waals surface area contributed by atoms with Gasteiger partial charge in [-0.3, -0.25) is 9.78 Å². The number of pyridine rings is 1. The number of hydrogen-bond acceptors (Lipinski definition) is 3. The number of benzene rings is 1. The molecule has 1 unspecified atom stereocenters. The molecule has 112 valence electrons. The Labute approximate surface area is 125 Å². The van der Waals surface area contributed by atoms with E-state index >= 15 is 0 Å². The molecule has 0 bridgehead atoms. The molecule has 4 heteroatoms. The number of fused-ring (bicyclic) bond motifs is 1. The molecular weight excluding hydrogens is 264 g/mol. The first-order chi connectivity index (χ1) is 10.1. The van der Waals surface area contributed by atoms with Gasteiger partial charge in [0.25, 0.3) is 0 Å². The van der Waals surface area contributed by atoms with E-state index in [1.54, 1.807) is 0 Å². The highest BCUT2D eigenvalue weighted by Gasteiger charge is 2.20. The molecule has 4 nitrogen and oxygen atoms in total. The Morgan fingerprint density at radius 3 is 2.76 bits per heavy atom. The van der Waals surface area contributed by atoms with E-state index in [0.29, 0.717) is 5.69 Å². The summed E-state index contributed by atoms with van der Waals surface area (Å²) in [5.41, 5.74) is 8.05. The minimum Gasteiger partial charge on any atom is -0.480 e. The average molecular weight is 286 g/mol. The average Bonchev–Trinajstić information content (AvgIpc) is 2.50. The molecule has 2 rings (SSSR count). The normalized spacial score (nSPS) is 12.5. The van der Waals surface area contributed by atoms with Crippen molar-refractivity contribution in [3.63, 3.8) is 0 Å². The first-order valence-electron chi connectivity index (χ1n) is 7.50. The molecule has 2 aromatic rings. The molecule has 21 heavy (non-hydrogen) atoms. The van der Waals surface area contributed by atoms with Crippen molar-refractivity contribution in [3.05, 3.63) is 41.6 Å². The lowest BCUT2D eigenvalue weighted by Gasteiger charge is -2.13. The second-order valence-electron chi connectivity index (χ2n) is 5.35. The van der Waals surface area contributed by atoms with Gasteiger partial charge in [-0.2, -0.15) is 0 Å². The third kappa shape index (κ3) is 3.79. The summed E-state index contributed by atoms with van der Waals surface area (Å²) in [6.07, 6.45) is 5.38. The van der Waals surface area contributed by atoms with Gasteiger partial charge >= 0.3 is 5.97 Å². The fourth-order valence-corrected chi connectivity index (χ4v) is 2.50. The third-order valence-corrected chi connectivity index (χ3v) is 3.70. The van der Waals surface area contributed by atoms with Crippen molar-refractivity contribution in [2.75, 3.05) is 0 Å². The minimum atomic E-state index is -1.06. The van der Waals surface area contributed by atoms with Gasteiger partial charge in [-0.05, 0) is 30.5 Å². The number of nitrogens with two attached hydrogens (primary N) is 1. The summed E-state index contributed by atoms with van der Waals surface area (Å²) in [7, 11) is 0. The fourth-order valence-electron chi connectivity index (χ4n) is 2.50. The van der Waals surface area contributed by atoms with E-state index in [1.165, 1.54) is 12.8 Å². The number of carboxylic acids is 1. The van der Waals surface area contributed by atoms with Crippen LogP contribution in [0.2, 0.25) is 0 Å². The molecule has 0 saturated carbocycles. The van der Waals surface area contributed by atoms with Crippen molar-refractivity contribution in [1.82, 2.24) is 4.98 Å². The SMILES string of the molecule is CCCCCCc1cc2ccccc2nc1C(N)C(=O)O. The summed E-state index contributed by atoms with van der Waals surface area (Å²) >= 11 is 0. The maximum Gasteiger partial charge on any atom is 0.326 e. The number of aliphatic carboxylic acids is 1. The van der Waals surface area contributed by atoms with Crippen molar-refractivity contribution in [1.29, 1.82) is 0 Å². The number of rotatable bonds is 7. The molecule has 1 aromatic carbocycles. The zero-order chi connectivity index (χ0) is 15.2. The van der Waals surface area contributed by atoms with Crippen LogP contribution in [0.25, 0.3) is 10.9 Å². The zero-order valence-electron chi connectivity index (χ0n) is 12.4. The number of aromatic nitrogens is 1. The molecule has 1 atom stereocenters. The predicted molar refractivity (Wildman–Crippen MR) is 84.2 cm³/mol. The van der Waals surface area contributed by atoms with Crippen LogP contribution in [0.15, 0.2) is 30.3 Å². The zero-order valence-corrected chi connectivity index (χ0v) is 12.4. The Morgan fingerprint density at radius 2 is 2.05 bits per heavy atom. The molecule has 0 aliphatic rings. The molecule has 1 heterocycles. The van der Waals surface area contributed by atoms with Crippen LogP contribution in [0, 0.1) is 0 Å². The smallest absolute Gasteiger partial charge is 0.326 e. The number of carboxylic acid groups (broad SMARTS) is 1. The Balaban J connectivity index is 2.34. The van der Waals surface area contributed by atoms with Crippen LogP contribution in [-0.2, 0) is 11.2 Å². The van der Waals surface area contributed by atoms with Gasteiger partial charge in [0.15, 0.2) is 0 Å². The molecule has 0 spiro atoms. The first-order valence-corrected chi connectivity index (χ1v) is 7.50. The van der Waals surface area contributed by atoms with Gasteiger partial charge in [-0.15, -0.1) is 0 Å². The van der Waals surface area contributed by atoms with Gasteiger partial charge in [0.1, 0.15) is 6.04 Å². The summed E-state index contributed by atoms with van der Waals surface area (Å²) < 4.78 is 0. The Bertz CT molecular complexity index is 625. The summed E-state index contributed by atoms with van der Waals surface area (Å²) in [5, 5.41) is 10.2. The number of hydrogen-bond donors (Lipinski definition) is 2. The Hall–Kier alpha value is -1.94. The standard InChI is InChI=1S/C17H22N2O2/c1-2-3-4-5-9-13-11-12-8-6-7-10-14(12)19-16(13)15(18)17(20)21/h6-8,10-11,15H,2-5,9,18H2,1H3,(H,20,21). The minimum absolute atomic E-state index is 0.498. The third-order valence-electron chi connectivity index (χ3n) is 3.70. The number of unbranched alkanes of at least 4 members (excludes halogenated alkanes) is 3. The van der Waals surface area contributed by atoms with E-state index in [4.69, 9.17) is 5.73 Å². The predicted octanol–water partition coefficient (Wildman–Crippen LogP) is 3.44. The number of carbonyl (C=O) groups is 1. The van der Waals surface area contributed by atoms with Crippen LogP contribution in [0.5, 0.6) is 0 Å². The lowest BCUT2D eigenvalue weighted by atomic mass is 9.99. The van der Waals surface area contributed by atoms with Crippen LogP contribution < -0.4 is 5.73 Å². The molecule has 3 N–H and O–H groups in total. The highest BCUT2D eigenvalue weighted by Crippen LogP contribution is 2.22. The number of nitrogens with zero attached hydrogens (tertiary/aromatic N) is 1. The topological polar surface area (TPSA) is 76.2 Å². The summed E-state index contributed by atoms with van der Waals surface area (Å²) in [6.45, 7) is 2.17. The van der Waals surface area contributed by atoms with Crippen molar-refractivity contribution in [2.45, 2.75) is 45.1 Å². The molecule has 0 radical (unpaired) electrons. The molecule has 1 aromatic heterocycles. The number of para-hydroxylation sites is 1. The summed E-state index contributed by atoms with van der Waals surface area (Å²) in [5.74, 6) is -1.03. The van der Waals surface area contributed by atoms with Crippen LogP contribution in [0.4, 0.5) is 0 Å². The molecule has 0 fully saturated rings. The first kappa shape index (κ1) is 15.4. The van der Waals surface area contributed by atoms with Crippen molar-refractivity contribution in [3.8, 4) is 0 Å². The quantitative estimate of drug-likeness (QED) is 0.764. The Morgan fingerprint density at radius 1 is 1.29 bits per heavy atom. The van der Waals surface area contributed by atoms with E-state index in [1.807, 2.05) is 30.3 Å². The van der Waals surface area contributed by atoms with E-state index in [-0.39, 0.29) is 0 Å². The monoisotopic (exact) mass is 286 g/mol. The van der Waals surface area contributed by atoms with Gasteiger partial charge < -0.3 is 10.8 Å². The molecule has 0 aliphatic heterocycles. The van der Waals surface area contributed by atoms with Crippen LogP contribution in [0.3, 0.4) is 0 Å². The van der Waals surface area contributed by atoms with E-state index in [9.17, 15) is 9.90 Å². The van der Waals surface area contributed by atoms with Crippen molar-refractivity contribution in [2.24, 2.45) is 5.73 Å². The lowest BCUT2D eigenvalue weighted by Crippen LogP contribution is -2.23. The lowest BCUT2D eigenvalue weighted by molar-refractivity contribution is -0.138. The van der Waals surface area contributed by atoms with Crippen LogP contribution in [0.1, 0.15) is 49.9 Å². The number of aryl methyl sites for hydroxylation is 1. The van der Waals surface area contributed by atoms with Crippen LogP contribution in [-0.4, -0.2) is 16.1 Å². The van der Waals surface area contributed by atoms with E-state index < -0.39 is 12.0 Å². The second kappa shape index (κ2) is 7.18. The van der Waals surface area contributed by atoms with Gasteiger partial charge in [0.2, 0.25) is 0 Å². The summed E-state index contributed by atoms with van der Waals surface area (Å²) in [6, 6.07) is 8.71. The Kier molecular flexibility index (Phi) is 5.28. The summed E-state index contributed by atoms with van der Waals surface area (Å²) in [4.78, 5) is 15.7. The van der Waals surface area contributed by atoms with Gasteiger partial charge in [-0.25, -0.2) is 0 Å². The maximum absolute atomic E-state index is 11.2. The van der Waals surface area contributed by atoms with E-state index in [2.05, 4.69) is 11.9 Å².